The van der Waals surface area contributed by atoms with Crippen molar-refractivity contribution in [2.75, 3.05) is 13.2 Å². The van der Waals surface area contributed by atoms with Gasteiger partial charge in [-0.25, -0.2) is 4.39 Å². The van der Waals surface area contributed by atoms with Crippen molar-refractivity contribution in [2.45, 2.75) is 50.0 Å². The Hall–Kier alpha value is -0.190. The van der Waals surface area contributed by atoms with Crippen LogP contribution in [0.2, 0.25) is 0 Å². The largest absolute Gasteiger partial charge is 0.389 e. The zero-order valence-corrected chi connectivity index (χ0v) is 8.29. The number of ether oxygens (including phenoxy) is 1. The Morgan fingerprint density at radius 2 is 1.93 bits per heavy atom. The van der Waals surface area contributed by atoms with Crippen molar-refractivity contribution < 1.29 is 14.2 Å². The molecule has 4 heteroatoms. The van der Waals surface area contributed by atoms with E-state index in [1.165, 1.54) is 0 Å². The lowest BCUT2D eigenvalue weighted by Gasteiger charge is -2.30. The van der Waals surface area contributed by atoms with Crippen molar-refractivity contribution in [1.29, 1.82) is 0 Å². The van der Waals surface area contributed by atoms with E-state index in [-0.39, 0.29) is 12.1 Å². The Bertz CT molecular complexity index is 191. The molecule has 0 aromatic rings. The van der Waals surface area contributed by atoms with Crippen LogP contribution in [0.15, 0.2) is 0 Å². The first-order valence-electron chi connectivity index (χ1n) is 5.43. The molecule has 0 spiro atoms. The standard InChI is InChI=1S/C10H18FNO2/c11-7-3-1-2-4-8(7)12-9-5-14-6-10(9)13/h7-10,12-13H,1-6H2/t7-,8-,9?,10-/m1/s1. The third-order valence-corrected chi connectivity index (χ3v) is 3.16. The molecule has 3 nitrogen and oxygen atoms in total. The summed E-state index contributed by atoms with van der Waals surface area (Å²) in [6.07, 6.45) is 2.39. The Balaban J connectivity index is 1.83. The molecule has 2 N–H and O–H groups in total. The zero-order chi connectivity index (χ0) is 9.97. The fraction of sp³-hybridized carbons (Fsp3) is 1.00. The van der Waals surface area contributed by atoms with Crippen molar-refractivity contribution in [3.05, 3.63) is 0 Å². The molecule has 1 saturated carbocycles. The van der Waals surface area contributed by atoms with Crippen molar-refractivity contribution in [2.24, 2.45) is 0 Å². The molecule has 2 rings (SSSR count). The lowest BCUT2D eigenvalue weighted by molar-refractivity contribution is 0.113. The van der Waals surface area contributed by atoms with E-state index in [1.807, 2.05) is 0 Å². The number of hydrogen-bond donors (Lipinski definition) is 2. The van der Waals surface area contributed by atoms with Crippen molar-refractivity contribution >= 4 is 0 Å². The van der Waals surface area contributed by atoms with Gasteiger partial charge in [-0.1, -0.05) is 12.8 Å². The van der Waals surface area contributed by atoms with Crippen LogP contribution in [-0.2, 0) is 4.74 Å². The van der Waals surface area contributed by atoms with Gasteiger partial charge in [-0.3, -0.25) is 0 Å². The maximum Gasteiger partial charge on any atom is 0.115 e. The van der Waals surface area contributed by atoms with E-state index >= 15 is 0 Å². The molecule has 0 bridgehead atoms. The smallest absolute Gasteiger partial charge is 0.115 e. The molecule has 1 aliphatic heterocycles. The Kier molecular flexibility index (Phi) is 3.36. The van der Waals surface area contributed by atoms with Crippen LogP contribution in [0.3, 0.4) is 0 Å². The summed E-state index contributed by atoms with van der Waals surface area (Å²) in [6.45, 7) is 0.881. The highest BCUT2D eigenvalue weighted by atomic mass is 19.1. The number of alkyl halides is 1. The zero-order valence-electron chi connectivity index (χ0n) is 8.29. The maximum atomic E-state index is 13.4. The fourth-order valence-electron chi connectivity index (χ4n) is 2.25. The predicted octanol–water partition coefficient (Wildman–Crippen LogP) is 0.616. The molecular formula is C10H18FNO2. The summed E-state index contributed by atoms with van der Waals surface area (Å²) in [4.78, 5) is 0. The van der Waals surface area contributed by atoms with Gasteiger partial charge in [0.05, 0.1) is 25.4 Å². The number of aliphatic hydroxyl groups excluding tert-OH is 1. The average Bonchev–Trinajstić information content (AvgIpc) is 2.56. The molecular weight excluding hydrogens is 185 g/mol. The van der Waals surface area contributed by atoms with Crippen molar-refractivity contribution in [3.8, 4) is 0 Å². The van der Waals surface area contributed by atoms with Gasteiger partial charge in [0.15, 0.2) is 0 Å². The normalized spacial score (nSPS) is 44.1. The van der Waals surface area contributed by atoms with Crippen LogP contribution in [0.5, 0.6) is 0 Å². The van der Waals surface area contributed by atoms with Crippen LogP contribution in [0, 0.1) is 0 Å². The summed E-state index contributed by atoms with van der Waals surface area (Å²) in [5.41, 5.74) is 0. The Labute approximate surface area is 83.6 Å². The molecule has 1 saturated heterocycles. The van der Waals surface area contributed by atoms with E-state index in [0.717, 1.165) is 19.3 Å². The van der Waals surface area contributed by atoms with Crippen LogP contribution < -0.4 is 5.32 Å². The van der Waals surface area contributed by atoms with Crippen LogP contribution in [-0.4, -0.2) is 42.7 Å². The summed E-state index contributed by atoms with van der Waals surface area (Å²) in [7, 11) is 0. The van der Waals surface area contributed by atoms with E-state index in [2.05, 4.69) is 5.32 Å². The van der Waals surface area contributed by atoms with Crippen LogP contribution in [0.1, 0.15) is 25.7 Å². The SMILES string of the molecule is O[C@@H]1COCC1N[C@@H]1CCCC[C@H]1F. The molecule has 1 heterocycles. The van der Waals surface area contributed by atoms with Crippen molar-refractivity contribution in [3.63, 3.8) is 0 Å². The van der Waals surface area contributed by atoms with E-state index in [1.54, 1.807) is 0 Å². The predicted molar refractivity (Wildman–Crippen MR) is 50.9 cm³/mol. The minimum absolute atomic E-state index is 0.0728. The Morgan fingerprint density at radius 1 is 1.14 bits per heavy atom. The second-order valence-corrected chi connectivity index (χ2v) is 4.28. The topological polar surface area (TPSA) is 41.5 Å². The van der Waals surface area contributed by atoms with Gasteiger partial charge >= 0.3 is 0 Å². The fourth-order valence-corrected chi connectivity index (χ4v) is 2.25. The molecule has 0 aromatic heterocycles. The first kappa shape index (κ1) is 10.3. The van der Waals surface area contributed by atoms with Crippen LogP contribution in [0.4, 0.5) is 4.39 Å². The minimum atomic E-state index is -0.753. The third kappa shape index (κ3) is 2.24. The molecule has 0 aromatic carbocycles. The molecule has 2 fully saturated rings. The first-order chi connectivity index (χ1) is 6.77. The summed E-state index contributed by atoms with van der Waals surface area (Å²) < 4.78 is 18.6. The van der Waals surface area contributed by atoms with E-state index in [9.17, 15) is 9.50 Å². The van der Waals surface area contributed by atoms with E-state index in [4.69, 9.17) is 4.74 Å². The van der Waals surface area contributed by atoms with Crippen LogP contribution in [0.25, 0.3) is 0 Å². The van der Waals surface area contributed by atoms with Crippen LogP contribution >= 0.6 is 0 Å². The van der Waals surface area contributed by atoms with Gasteiger partial charge < -0.3 is 15.2 Å². The second kappa shape index (κ2) is 4.55. The highest BCUT2D eigenvalue weighted by molar-refractivity contribution is 4.88. The molecule has 1 unspecified atom stereocenters. The van der Waals surface area contributed by atoms with Gasteiger partial charge in [0.2, 0.25) is 0 Å². The molecule has 2 aliphatic rings. The number of aliphatic hydroxyl groups is 1. The highest BCUT2D eigenvalue weighted by Crippen LogP contribution is 2.22. The van der Waals surface area contributed by atoms with Gasteiger partial charge in [-0.15, -0.1) is 0 Å². The molecule has 14 heavy (non-hydrogen) atoms. The molecule has 0 amide bonds. The number of nitrogens with one attached hydrogen (secondary N) is 1. The lowest BCUT2D eigenvalue weighted by Crippen LogP contribution is -2.49. The maximum absolute atomic E-state index is 13.4. The number of hydrogen-bond acceptors (Lipinski definition) is 3. The monoisotopic (exact) mass is 203 g/mol. The molecule has 82 valence electrons. The van der Waals surface area contributed by atoms with Gasteiger partial charge in [-0.05, 0) is 12.8 Å². The van der Waals surface area contributed by atoms with E-state index in [0.29, 0.717) is 19.6 Å². The quantitative estimate of drug-likeness (QED) is 0.691. The molecule has 0 radical (unpaired) electrons. The van der Waals surface area contributed by atoms with Gasteiger partial charge in [0.1, 0.15) is 6.17 Å². The van der Waals surface area contributed by atoms with Gasteiger partial charge in [-0.2, -0.15) is 0 Å². The third-order valence-electron chi connectivity index (χ3n) is 3.16. The highest BCUT2D eigenvalue weighted by Gasteiger charge is 2.32. The average molecular weight is 203 g/mol. The summed E-state index contributed by atoms with van der Waals surface area (Å²) in [5, 5.41) is 12.7. The number of halogens is 1. The lowest BCUT2D eigenvalue weighted by atomic mass is 9.93. The summed E-state index contributed by atoms with van der Waals surface area (Å²) >= 11 is 0. The molecule has 4 atom stereocenters. The van der Waals surface area contributed by atoms with E-state index < -0.39 is 12.3 Å². The summed E-state index contributed by atoms with van der Waals surface area (Å²) in [6, 6.07) is -0.151. The summed E-state index contributed by atoms with van der Waals surface area (Å²) in [5.74, 6) is 0. The second-order valence-electron chi connectivity index (χ2n) is 4.28. The van der Waals surface area contributed by atoms with Crippen molar-refractivity contribution in [1.82, 2.24) is 5.32 Å². The Morgan fingerprint density at radius 3 is 2.57 bits per heavy atom. The molecule has 1 aliphatic carbocycles. The number of rotatable bonds is 2. The first-order valence-corrected chi connectivity index (χ1v) is 5.43. The van der Waals surface area contributed by atoms with Gasteiger partial charge in [0.25, 0.3) is 0 Å². The van der Waals surface area contributed by atoms with Gasteiger partial charge in [0, 0.05) is 6.04 Å². The minimum Gasteiger partial charge on any atom is -0.389 e.